The quantitative estimate of drug-likeness (QED) is 0.784. The molecule has 0 radical (unpaired) electrons. The van der Waals surface area contributed by atoms with E-state index >= 15 is 0 Å². The van der Waals surface area contributed by atoms with Crippen LogP contribution in [0.15, 0.2) is 18.2 Å². The van der Waals surface area contributed by atoms with Crippen LogP contribution in [0.25, 0.3) is 0 Å². The SMILES string of the molecule is CON1C(=O)c2ccc(C(C)C)cc2[C@@H]2CC(=O)C[C@H]1C2(OC)OC. The molecule has 2 bridgehead atoms. The number of methoxy groups -OCH3 is 2. The van der Waals surface area contributed by atoms with Crippen LogP contribution >= 0.6 is 0 Å². The molecule has 1 aliphatic heterocycles. The molecule has 3 rings (SSSR count). The lowest BCUT2D eigenvalue weighted by Crippen LogP contribution is -2.61. The van der Waals surface area contributed by atoms with Crippen molar-refractivity contribution in [2.75, 3.05) is 21.3 Å². The standard InChI is InChI=1S/C19H25NO5/c1-11(2)12-6-7-14-15(8-12)16-9-13(21)10-17(19(16,23-3)24-4)20(25-5)18(14)22/h6-8,11,16-17H,9-10H2,1-5H3/t16-,17-/m0/s1. The molecule has 1 aliphatic carbocycles. The summed E-state index contributed by atoms with van der Waals surface area (Å²) < 4.78 is 11.6. The monoisotopic (exact) mass is 347 g/mol. The number of ketones is 1. The molecule has 0 saturated heterocycles. The first-order valence-electron chi connectivity index (χ1n) is 8.53. The molecular formula is C19H25NO5. The van der Waals surface area contributed by atoms with Gasteiger partial charge in [-0.3, -0.25) is 14.4 Å². The van der Waals surface area contributed by atoms with E-state index in [1.807, 2.05) is 18.2 Å². The lowest BCUT2D eigenvalue weighted by molar-refractivity contribution is -0.292. The molecule has 1 aromatic carbocycles. The summed E-state index contributed by atoms with van der Waals surface area (Å²) in [5.74, 6) is -1.39. The Hall–Kier alpha value is -1.76. The minimum Gasteiger partial charge on any atom is -0.351 e. The molecule has 2 aliphatic rings. The smallest absolute Gasteiger partial charge is 0.278 e. The zero-order valence-corrected chi connectivity index (χ0v) is 15.4. The largest absolute Gasteiger partial charge is 0.351 e. The van der Waals surface area contributed by atoms with E-state index < -0.39 is 11.8 Å². The number of ether oxygens (including phenoxy) is 2. The molecule has 1 saturated carbocycles. The maximum absolute atomic E-state index is 13.1. The van der Waals surface area contributed by atoms with Gasteiger partial charge in [0.05, 0.1) is 7.11 Å². The van der Waals surface area contributed by atoms with Gasteiger partial charge in [0.25, 0.3) is 5.91 Å². The van der Waals surface area contributed by atoms with Crippen LogP contribution in [0.1, 0.15) is 60.0 Å². The zero-order chi connectivity index (χ0) is 18.4. The molecule has 1 heterocycles. The number of rotatable bonds is 4. The molecule has 1 fully saturated rings. The summed E-state index contributed by atoms with van der Waals surface area (Å²) >= 11 is 0. The highest BCUT2D eigenvalue weighted by atomic mass is 16.7. The first kappa shape index (κ1) is 18.0. The second-order valence-electron chi connectivity index (χ2n) is 6.96. The van der Waals surface area contributed by atoms with Crippen molar-refractivity contribution in [1.82, 2.24) is 5.06 Å². The van der Waals surface area contributed by atoms with E-state index in [1.54, 1.807) is 14.2 Å². The predicted octanol–water partition coefficient (Wildman–Crippen LogP) is 2.63. The number of carbonyl (C=O) groups is 2. The first-order chi connectivity index (χ1) is 11.9. The van der Waals surface area contributed by atoms with Crippen LogP contribution < -0.4 is 0 Å². The molecule has 6 heteroatoms. The molecule has 1 amide bonds. The number of hydrogen-bond acceptors (Lipinski definition) is 5. The van der Waals surface area contributed by atoms with Crippen LogP contribution in [-0.2, 0) is 19.1 Å². The van der Waals surface area contributed by atoms with Gasteiger partial charge in [-0.05, 0) is 23.1 Å². The first-order valence-corrected chi connectivity index (χ1v) is 8.53. The summed E-state index contributed by atoms with van der Waals surface area (Å²) in [6.07, 6.45) is 0.417. The normalized spacial score (nSPS) is 25.1. The van der Waals surface area contributed by atoms with Crippen LogP contribution in [0.4, 0.5) is 0 Å². The van der Waals surface area contributed by atoms with Gasteiger partial charge < -0.3 is 9.47 Å². The second-order valence-corrected chi connectivity index (χ2v) is 6.96. The van der Waals surface area contributed by atoms with Gasteiger partial charge in [0, 0.05) is 38.5 Å². The zero-order valence-electron chi connectivity index (χ0n) is 15.4. The molecule has 136 valence electrons. The van der Waals surface area contributed by atoms with Crippen LogP contribution in [-0.4, -0.2) is 49.9 Å². The number of nitrogens with zero attached hydrogens (tertiary/aromatic N) is 1. The van der Waals surface area contributed by atoms with Crippen molar-refractivity contribution >= 4 is 11.7 Å². The van der Waals surface area contributed by atoms with Gasteiger partial charge in [-0.25, -0.2) is 5.06 Å². The number of carbonyl (C=O) groups excluding carboxylic acids is 2. The maximum Gasteiger partial charge on any atom is 0.278 e. The van der Waals surface area contributed by atoms with Crippen molar-refractivity contribution in [3.05, 3.63) is 34.9 Å². The Kier molecular flexibility index (Phi) is 4.70. The van der Waals surface area contributed by atoms with Crippen LogP contribution in [0.3, 0.4) is 0 Å². The van der Waals surface area contributed by atoms with E-state index in [0.29, 0.717) is 11.5 Å². The Morgan fingerprint density at radius 3 is 2.36 bits per heavy atom. The van der Waals surface area contributed by atoms with E-state index in [4.69, 9.17) is 14.3 Å². The fourth-order valence-corrected chi connectivity index (χ4v) is 4.15. The van der Waals surface area contributed by atoms with Crippen molar-refractivity contribution < 1.29 is 23.9 Å². The Morgan fingerprint density at radius 1 is 1.12 bits per heavy atom. The highest BCUT2D eigenvalue weighted by molar-refractivity contribution is 5.97. The Labute approximate surface area is 148 Å². The number of Topliss-reactive ketones (excluding diaryl/α,β-unsaturated/α-hetero) is 1. The van der Waals surface area contributed by atoms with Gasteiger partial charge in [-0.1, -0.05) is 26.0 Å². The van der Waals surface area contributed by atoms with Crippen LogP contribution in [0, 0.1) is 0 Å². The summed E-state index contributed by atoms with van der Waals surface area (Å²) in [7, 11) is 4.53. The molecule has 0 N–H and O–H groups in total. The summed E-state index contributed by atoms with van der Waals surface area (Å²) in [4.78, 5) is 30.9. The van der Waals surface area contributed by atoms with E-state index in [1.165, 1.54) is 12.2 Å². The number of fused-ring (bicyclic) bond motifs is 4. The third kappa shape index (κ3) is 2.60. The van der Waals surface area contributed by atoms with Gasteiger partial charge >= 0.3 is 0 Å². The van der Waals surface area contributed by atoms with Gasteiger partial charge in [0.2, 0.25) is 0 Å². The average molecular weight is 347 g/mol. The molecule has 1 aromatic rings. The number of amides is 1. The van der Waals surface area contributed by atoms with Gasteiger partial charge in [-0.2, -0.15) is 0 Å². The molecule has 0 aromatic heterocycles. The third-order valence-electron chi connectivity index (χ3n) is 5.47. The Bertz CT molecular complexity index is 695. The molecule has 6 nitrogen and oxygen atoms in total. The maximum atomic E-state index is 13.1. The van der Waals surface area contributed by atoms with Gasteiger partial charge in [-0.15, -0.1) is 0 Å². The number of hydroxylamine groups is 2. The molecule has 0 unspecified atom stereocenters. The minimum atomic E-state index is -1.12. The van der Waals surface area contributed by atoms with Crippen molar-refractivity contribution in [3.63, 3.8) is 0 Å². The predicted molar refractivity (Wildman–Crippen MR) is 91.2 cm³/mol. The Morgan fingerprint density at radius 2 is 1.80 bits per heavy atom. The number of benzene rings is 1. The lowest BCUT2D eigenvalue weighted by Gasteiger charge is -2.47. The summed E-state index contributed by atoms with van der Waals surface area (Å²) in [6, 6.07) is 5.14. The van der Waals surface area contributed by atoms with E-state index in [2.05, 4.69) is 13.8 Å². The van der Waals surface area contributed by atoms with E-state index in [0.717, 1.165) is 11.1 Å². The average Bonchev–Trinajstić information content (AvgIpc) is 2.64. The van der Waals surface area contributed by atoms with Crippen molar-refractivity contribution in [2.24, 2.45) is 0 Å². The van der Waals surface area contributed by atoms with Gasteiger partial charge in [0.1, 0.15) is 11.8 Å². The van der Waals surface area contributed by atoms with Crippen molar-refractivity contribution in [2.45, 2.75) is 50.4 Å². The van der Waals surface area contributed by atoms with E-state index in [-0.39, 0.29) is 30.4 Å². The summed E-state index contributed by atoms with van der Waals surface area (Å²) in [6.45, 7) is 4.19. The van der Waals surface area contributed by atoms with Crippen molar-refractivity contribution in [3.8, 4) is 0 Å². The highest BCUT2D eigenvalue weighted by Gasteiger charge is 2.58. The minimum absolute atomic E-state index is 0.0670. The topological polar surface area (TPSA) is 65.1 Å². The summed E-state index contributed by atoms with van der Waals surface area (Å²) in [5, 5.41) is 1.23. The molecule has 25 heavy (non-hydrogen) atoms. The van der Waals surface area contributed by atoms with Crippen LogP contribution in [0.5, 0.6) is 0 Å². The Balaban J connectivity index is 2.29. The van der Waals surface area contributed by atoms with Gasteiger partial charge in [0.15, 0.2) is 5.79 Å². The molecule has 2 atom stereocenters. The highest BCUT2D eigenvalue weighted by Crippen LogP contribution is 2.48. The fraction of sp³-hybridized carbons (Fsp3) is 0.579. The summed E-state index contributed by atoms with van der Waals surface area (Å²) in [5.41, 5.74) is 2.43. The lowest BCUT2D eigenvalue weighted by atomic mass is 9.74. The number of hydrogen-bond donors (Lipinski definition) is 0. The van der Waals surface area contributed by atoms with Crippen molar-refractivity contribution in [1.29, 1.82) is 0 Å². The molecule has 0 spiro atoms. The van der Waals surface area contributed by atoms with Crippen LogP contribution in [0.2, 0.25) is 0 Å². The second kappa shape index (κ2) is 6.52. The fourth-order valence-electron chi connectivity index (χ4n) is 4.15. The molecular weight excluding hydrogens is 322 g/mol. The third-order valence-corrected chi connectivity index (χ3v) is 5.47. The van der Waals surface area contributed by atoms with E-state index in [9.17, 15) is 9.59 Å².